The molecule has 2 aromatic carbocycles. The molecule has 5 rings (SSSR count). The summed E-state index contributed by atoms with van der Waals surface area (Å²) in [5.74, 6) is 1.80. The zero-order valence-corrected chi connectivity index (χ0v) is 15.5. The maximum Gasteiger partial charge on any atom is 0.246 e. The van der Waals surface area contributed by atoms with Gasteiger partial charge in [0.2, 0.25) is 5.91 Å². The number of ether oxygens (including phenoxy) is 2. The van der Waals surface area contributed by atoms with Crippen molar-refractivity contribution in [1.82, 2.24) is 0 Å². The summed E-state index contributed by atoms with van der Waals surface area (Å²) >= 11 is 0. The normalized spacial score (nSPS) is 22.9. The first-order valence-corrected chi connectivity index (χ1v) is 9.36. The van der Waals surface area contributed by atoms with Crippen LogP contribution in [0.1, 0.15) is 43.9 Å². The summed E-state index contributed by atoms with van der Waals surface area (Å²) < 4.78 is 11.7. The molecule has 0 unspecified atom stereocenters. The fourth-order valence-electron chi connectivity index (χ4n) is 4.53. The lowest BCUT2D eigenvalue weighted by molar-refractivity contribution is -0.123. The quantitative estimate of drug-likeness (QED) is 0.827. The van der Waals surface area contributed by atoms with Gasteiger partial charge in [0.25, 0.3) is 0 Å². The maximum absolute atomic E-state index is 13.9. The van der Waals surface area contributed by atoms with Gasteiger partial charge < -0.3 is 14.4 Å². The standard InChI is InChI=1S/C22H23NO3/c1-4-21(2,3)23-17-8-6-5-7-15(17)22(20(23)24)13-26-19-12-18-14(9-10-25-18)11-16(19)22/h5-8,11-12H,4,9-10,13H2,1-3H3/t22-/m1/s1. The van der Waals surface area contributed by atoms with E-state index >= 15 is 0 Å². The van der Waals surface area contributed by atoms with Crippen LogP contribution >= 0.6 is 0 Å². The second-order valence-electron chi connectivity index (χ2n) is 8.07. The molecule has 3 aliphatic rings. The fraction of sp³-hybridized carbons (Fsp3) is 0.409. The van der Waals surface area contributed by atoms with Crippen molar-refractivity contribution in [2.24, 2.45) is 0 Å². The van der Waals surface area contributed by atoms with Crippen LogP contribution in [0.5, 0.6) is 11.5 Å². The van der Waals surface area contributed by atoms with Crippen molar-refractivity contribution >= 4 is 11.6 Å². The first kappa shape index (κ1) is 15.7. The largest absolute Gasteiger partial charge is 0.493 e. The van der Waals surface area contributed by atoms with Crippen LogP contribution in [0.25, 0.3) is 0 Å². The minimum atomic E-state index is -0.740. The number of hydrogen-bond donors (Lipinski definition) is 0. The second kappa shape index (κ2) is 5.03. The van der Waals surface area contributed by atoms with Crippen molar-refractivity contribution in [3.63, 3.8) is 0 Å². The average Bonchev–Trinajstić information content (AvgIpc) is 3.30. The highest BCUT2D eigenvalue weighted by atomic mass is 16.5. The molecule has 1 amide bonds. The van der Waals surface area contributed by atoms with E-state index in [4.69, 9.17) is 9.47 Å². The smallest absolute Gasteiger partial charge is 0.246 e. The van der Waals surface area contributed by atoms with Gasteiger partial charge in [-0.25, -0.2) is 0 Å². The molecule has 4 heteroatoms. The first-order chi connectivity index (χ1) is 12.5. The summed E-state index contributed by atoms with van der Waals surface area (Å²) in [6, 6.07) is 12.3. The number of carbonyl (C=O) groups excluding carboxylic acids is 1. The van der Waals surface area contributed by atoms with Crippen molar-refractivity contribution in [1.29, 1.82) is 0 Å². The third-order valence-electron chi connectivity index (χ3n) is 6.34. The zero-order valence-electron chi connectivity index (χ0n) is 15.5. The summed E-state index contributed by atoms with van der Waals surface area (Å²) in [4.78, 5) is 15.9. The number of para-hydroxylation sites is 1. The van der Waals surface area contributed by atoms with Gasteiger partial charge in [-0.15, -0.1) is 0 Å². The molecule has 0 radical (unpaired) electrons. The van der Waals surface area contributed by atoms with Crippen molar-refractivity contribution in [3.8, 4) is 11.5 Å². The topological polar surface area (TPSA) is 38.8 Å². The zero-order chi connectivity index (χ0) is 18.1. The minimum absolute atomic E-state index is 0.128. The van der Waals surface area contributed by atoms with Gasteiger partial charge in [-0.05, 0) is 43.5 Å². The van der Waals surface area contributed by atoms with E-state index in [-0.39, 0.29) is 11.4 Å². The molecular weight excluding hydrogens is 326 g/mol. The van der Waals surface area contributed by atoms with Gasteiger partial charge in [-0.1, -0.05) is 25.1 Å². The maximum atomic E-state index is 13.9. The Hall–Kier alpha value is -2.49. The Morgan fingerprint density at radius 2 is 1.92 bits per heavy atom. The molecule has 26 heavy (non-hydrogen) atoms. The Labute approximate surface area is 153 Å². The van der Waals surface area contributed by atoms with Crippen LogP contribution in [0.3, 0.4) is 0 Å². The summed E-state index contributed by atoms with van der Waals surface area (Å²) in [5, 5.41) is 0. The Morgan fingerprint density at radius 1 is 1.12 bits per heavy atom. The van der Waals surface area contributed by atoms with Crippen molar-refractivity contribution in [3.05, 3.63) is 53.1 Å². The summed E-state index contributed by atoms with van der Waals surface area (Å²) in [7, 11) is 0. The first-order valence-electron chi connectivity index (χ1n) is 9.36. The molecule has 0 fully saturated rings. The third-order valence-corrected chi connectivity index (χ3v) is 6.34. The van der Waals surface area contributed by atoms with E-state index < -0.39 is 5.41 Å². The minimum Gasteiger partial charge on any atom is -0.493 e. The fourth-order valence-corrected chi connectivity index (χ4v) is 4.53. The number of benzene rings is 2. The lowest BCUT2D eigenvalue weighted by Crippen LogP contribution is -2.51. The second-order valence-corrected chi connectivity index (χ2v) is 8.07. The molecule has 3 heterocycles. The summed E-state index contributed by atoms with van der Waals surface area (Å²) in [6.07, 6.45) is 1.77. The molecule has 1 spiro atoms. The lowest BCUT2D eigenvalue weighted by Gasteiger charge is -2.36. The number of nitrogens with zero attached hydrogens (tertiary/aromatic N) is 1. The Balaban J connectivity index is 1.76. The molecule has 0 N–H and O–H groups in total. The van der Waals surface area contributed by atoms with Gasteiger partial charge in [0.1, 0.15) is 23.5 Å². The van der Waals surface area contributed by atoms with Gasteiger partial charge >= 0.3 is 0 Å². The van der Waals surface area contributed by atoms with Gasteiger partial charge in [-0.2, -0.15) is 0 Å². The van der Waals surface area contributed by atoms with Crippen LogP contribution in [-0.4, -0.2) is 24.7 Å². The van der Waals surface area contributed by atoms with Gasteiger partial charge in [0.05, 0.1) is 6.61 Å². The molecule has 0 aromatic heterocycles. The van der Waals surface area contributed by atoms with E-state index in [1.54, 1.807) is 0 Å². The average molecular weight is 349 g/mol. The number of amides is 1. The van der Waals surface area contributed by atoms with E-state index in [0.29, 0.717) is 13.2 Å². The molecule has 4 nitrogen and oxygen atoms in total. The number of rotatable bonds is 2. The highest BCUT2D eigenvalue weighted by Crippen LogP contribution is 2.55. The Bertz CT molecular complexity index is 933. The predicted octanol–water partition coefficient (Wildman–Crippen LogP) is 3.84. The lowest BCUT2D eigenvalue weighted by atomic mass is 9.76. The number of fused-ring (bicyclic) bond motifs is 5. The molecular formula is C22H23NO3. The van der Waals surface area contributed by atoms with E-state index in [1.807, 2.05) is 23.1 Å². The van der Waals surface area contributed by atoms with E-state index in [1.165, 1.54) is 5.56 Å². The van der Waals surface area contributed by atoms with Crippen molar-refractivity contribution in [2.75, 3.05) is 18.1 Å². The summed E-state index contributed by atoms with van der Waals surface area (Å²) in [5.41, 5.74) is 3.25. The molecule has 0 aliphatic carbocycles. The van der Waals surface area contributed by atoms with Crippen LogP contribution in [0.15, 0.2) is 36.4 Å². The molecule has 2 aromatic rings. The molecule has 0 bridgehead atoms. The van der Waals surface area contributed by atoms with Crippen molar-refractivity contribution < 1.29 is 14.3 Å². The highest BCUT2D eigenvalue weighted by molar-refractivity contribution is 6.12. The van der Waals surface area contributed by atoms with Crippen LogP contribution in [0, 0.1) is 0 Å². The van der Waals surface area contributed by atoms with Crippen LogP contribution in [-0.2, 0) is 16.6 Å². The van der Waals surface area contributed by atoms with Crippen LogP contribution in [0.4, 0.5) is 5.69 Å². The van der Waals surface area contributed by atoms with Crippen LogP contribution < -0.4 is 14.4 Å². The van der Waals surface area contributed by atoms with Gasteiger partial charge in [0.15, 0.2) is 0 Å². The molecule has 0 saturated heterocycles. The molecule has 3 aliphatic heterocycles. The van der Waals surface area contributed by atoms with Crippen LogP contribution in [0.2, 0.25) is 0 Å². The predicted molar refractivity (Wildman–Crippen MR) is 100 cm³/mol. The molecule has 1 atom stereocenters. The van der Waals surface area contributed by atoms with Gasteiger partial charge in [-0.3, -0.25) is 4.79 Å². The monoisotopic (exact) mass is 349 g/mol. The number of hydrogen-bond acceptors (Lipinski definition) is 3. The van der Waals surface area contributed by atoms with E-state index in [2.05, 4.69) is 39.0 Å². The third kappa shape index (κ3) is 1.77. The number of anilines is 1. The molecule has 134 valence electrons. The van der Waals surface area contributed by atoms with Crippen molar-refractivity contribution in [2.45, 2.75) is 44.6 Å². The number of carbonyl (C=O) groups is 1. The Morgan fingerprint density at radius 3 is 2.73 bits per heavy atom. The Kier molecular flexibility index (Phi) is 3.04. The van der Waals surface area contributed by atoms with E-state index in [0.717, 1.165) is 41.2 Å². The van der Waals surface area contributed by atoms with Gasteiger partial charge in [0, 0.05) is 29.3 Å². The highest BCUT2D eigenvalue weighted by Gasteiger charge is 2.59. The summed E-state index contributed by atoms with van der Waals surface area (Å²) in [6.45, 7) is 7.45. The van der Waals surface area contributed by atoms with E-state index in [9.17, 15) is 4.79 Å². The SMILES string of the molecule is CCC(C)(C)N1C(=O)[C@]2(COc3cc4c(cc32)CCO4)c2ccccc21. The molecule has 0 saturated carbocycles.